The molecule has 0 fully saturated rings. The molecule has 2 rings (SSSR count). The van der Waals surface area contributed by atoms with E-state index in [1.54, 1.807) is 36.0 Å². The molecule has 0 aliphatic carbocycles. The van der Waals surface area contributed by atoms with Crippen molar-refractivity contribution in [1.82, 2.24) is 9.78 Å². The predicted octanol–water partition coefficient (Wildman–Crippen LogP) is 1.40. The number of halogens is 1. The third-order valence-corrected chi connectivity index (χ3v) is 2.59. The number of hydrogen-bond donors (Lipinski definition) is 3. The van der Waals surface area contributed by atoms with Crippen molar-refractivity contribution in [3.63, 3.8) is 0 Å². The van der Waals surface area contributed by atoms with Crippen molar-refractivity contribution < 1.29 is 4.39 Å². The van der Waals surface area contributed by atoms with E-state index in [-0.39, 0.29) is 18.2 Å². The minimum absolute atomic E-state index is 0.112. The van der Waals surface area contributed by atoms with Gasteiger partial charge in [0.1, 0.15) is 23.2 Å². The number of nitrogens with zero attached hydrogens (tertiary/aromatic N) is 2. The van der Waals surface area contributed by atoms with Gasteiger partial charge in [-0.15, -0.1) is 0 Å². The number of amidine groups is 1. The molecule has 0 radical (unpaired) electrons. The average Bonchev–Trinajstić information content (AvgIpc) is 2.75. The maximum atomic E-state index is 13.5. The Hall–Kier alpha value is -2.37. The van der Waals surface area contributed by atoms with E-state index in [9.17, 15) is 4.39 Å². The van der Waals surface area contributed by atoms with Gasteiger partial charge < -0.3 is 11.1 Å². The van der Waals surface area contributed by atoms with E-state index in [0.29, 0.717) is 17.1 Å². The molecular formula is C12H14FN5. The van der Waals surface area contributed by atoms with Gasteiger partial charge in [0.25, 0.3) is 0 Å². The molecule has 0 saturated carbocycles. The zero-order valence-electron chi connectivity index (χ0n) is 9.94. The topological polar surface area (TPSA) is 79.7 Å². The van der Waals surface area contributed by atoms with Crippen LogP contribution in [0.4, 0.5) is 10.2 Å². The Morgan fingerprint density at radius 3 is 2.83 bits per heavy atom. The number of nitrogens with two attached hydrogens (primary N) is 1. The molecule has 2 aromatic rings. The van der Waals surface area contributed by atoms with Crippen LogP contribution in [-0.2, 0) is 6.54 Å². The summed E-state index contributed by atoms with van der Waals surface area (Å²) in [6, 6.07) is 8.17. The van der Waals surface area contributed by atoms with Gasteiger partial charge >= 0.3 is 0 Å². The Balaban J connectivity index is 2.34. The van der Waals surface area contributed by atoms with Crippen LogP contribution in [0.2, 0.25) is 0 Å². The number of benzene rings is 1. The fourth-order valence-corrected chi connectivity index (χ4v) is 1.66. The molecule has 18 heavy (non-hydrogen) atoms. The summed E-state index contributed by atoms with van der Waals surface area (Å²) >= 11 is 0. The van der Waals surface area contributed by atoms with Crippen molar-refractivity contribution in [3.8, 4) is 0 Å². The molecule has 1 aromatic heterocycles. The summed E-state index contributed by atoms with van der Waals surface area (Å²) in [5, 5.41) is 14.4. The Labute approximate surface area is 104 Å². The Kier molecular flexibility index (Phi) is 3.27. The van der Waals surface area contributed by atoms with Gasteiger partial charge in [0.15, 0.2) is 0 Å². The standard InChI is InChI=1S/C12H14FN5/c1-16-11-6-10(12(14)15)17-18(11)7-8-4-2-3-5-9(8)13/h2-6,16H,7H2,1H3,(H3,14,15). The van der Waals surface area contributed by atoms with E-state index >= 15 is 0 Å². The van der Waals surface area contributed by atoms with Crippen molar-refractivity contribution >= 4 is 11.7 Å². The van der Waals surface area contributed by atoms with Crippen molar-refractivity contribution in [1.29, 1.82) is 5.41 Å². The van der Waals surface area contributed by atoms with Crippen molar-refractivity contribution in [3.05, 3.63) is 47.4 Å². The van der Waals surface area contributed by atoms with Crippen LogP contribution in [0, 0.1) is 11.2 Å². The normalized spacial score (nSPS) is 10.3. The SMILES string of the molecule is CNc1cc(C(=N)N)nn1Cc1ccccc1F. The summed E-state index contributed by atoms with van der Waals surface area (Å²) in [6.07, 6.45) is 0. The number of nitrogen functional groups attached to an aromatic ring is 1. The molecule has 0 bridgehead atoms. The second-order valence-electron chi connectivity index (χ2n) is 3.83. The van der Waals surface area contributed by atoms with Crippen molar-refractivity contribution in [2.75, 3.05) is 12.4 Å². The highest BCUT2D eigenvalue weighted by atomic mass is 19.1. The van der Waals surface area contributed by atoms with Gasteiger partial charge in [0.2, 0.25) is 0 Å². The minimum Gasteiger partial charge on any atom is -0.382 e. The zero-order chi connectivity index (χ0) is 13.1. The fraction of sp³-hybridized carbons (Fsp3) is 0.167. The van der Waals surface area contributed by atoms with Gasteiger partial charge in [-0.3, -0.25) is 5.41 Å². The second-order valence-corrected chi connectivity index (χ2v) is 3.83. The summed E-state index contributed by atoms with van der Waals surface area (Å²) in [6.45, 7) is 0.288. The molecule has 0 amide bonds. The molecule has 5 nitrogen and oxygen atoms in total. The first kappa shape index (κ1) is 12.1. The average molecular weight is 247 g/mol. The number of hydrogen-bond acceptors (Lipinski definition) is 3. The van der Waals surface area contributed by atoms with Crippen LogP contribution in [0.5, 0.6) is 0 Å². The number of rotatable bonds is 4. The smallest absolute Gasteiger partial charge is 0.143 e. The van der Waals surface area contributed by atoms with E-state index in [2.05, 4.69) is 10.4 Å². The summed E-state index contributed by atoms with van der Waals surface area (Å²) in [7, 11) is 1.73. The number of aromatic nitrogens is 2. The largest absolute Gasteiger partial charge is 0.382 e. The van der Waals surface area contributed by atoms with Crippen LogP contribution in [0.1, 0.15) is 11.3 Å². The van der Waals surface area contributed by atoms with Crippen LogP contribution < -0.4 is 11.1 Å². The Morgan fingerprint density at radius 2 is 2.22 bits per heavy atom. The highest BCUT2D eigenvalue weighted by molar-refractivity contribution is 5.93. The third kappa shape index (κ3) is 2.32. The highest BCUT2D eigenvalue weighted by Gasteiger charge is 2.10. The first-order chi connectivity index (χ1) is 8.61. The second kappa shape index (κ2) is 4.87. The van der Waals surface area contributed by atoms with E-state index in [4.69, 9.17) is 11.1 Å². The van der Waals surface area contributed by atoms with Crippen LogP contribution in [0.25, 0.3) is 0 Å². The lowest BCUT2D eigenvalue weighted by atomic mass is 10.2. The van der Waals surface area contributed by atoms with Crippen LogP contribution >= 0.6 is 0 Å². The molecule has 0 spiro atoms. The maximum absolute atomic E-state index is 13.5. The van der Waals surface area contributed by atoms with E-state index in [1.807, 2.05) is 0 Å². The van der Waals surface area contributed by atoms with E-state index in [0.717, 1.165) is 0 Å². The van der Waals surface area contributed by atoms with Crippen LogP contribution in [-0.4, -0.2) is 22.7 Å². The first-order valence-corrected chi connectivity index (χ1v) is 5.45. The molecule has 0 aliphatic rings. The maximum Gasteiger partial charge on any atom is 0.143 e. The molecule has 6 heteroatoms. The lowest BCUT2D eigenvalue weighted by molar-refractivity contribution is 0.587. The molecule has 0 atom stereocenters. The van der Waals surface area contributed by atoms with Gasteiger partial charge in [-0.25, -0.2) is 9.07 Å². The molecule has 1 aromatic carbocycles. The zero-order valence-corrected chi connectivity index (χ0v) is 9.94. The lowest BCUT2D eigenvalue weighted by Crippen LogP contribution is -2.13. The molecule has 0 aliphatic heterocycles. The first-order valence-electron chi connectivity index (χ1n) is 5.45. The van der Waals surface area contributed by atoms with E-state index < -0.39 is 0 Å². The van der Waals surface area contributed by atoms with Crippen LogP contribution in [0.15, 0.2) is 30.3 Å². The summed E-state index contributed by atoms with van der Waals surface area (Å²) in [4.78, 5) is 0. The van der Waals surface area contributed by atoms with Gasteiger partial charge in [0, 0.05) is 18.7 Å². The molecular weight excluding hydrogens is 233 g/mol. The molecule has 94 valence electrons. The monoisotopic (exact) mass is 247 g/mol. The molecule has 0 unspecified atom stereocenters. The summed E-state index contributed by atoms with van der Waals surface area (Å²) < 4.78 is 15.1. The lowest BCUT2D eigenvalue weighted by Gasteiger charge is -2.07. The van der Waals surface area contributed by atoms with Crippen LogP contribution in [0.3, 0.4) is 0 Å². The summed E-state index contributed by atoms with van der Waals surface area (Å²) in [5.74, 6) is 0.293. The van der Waals surface area contributed by atoms with Gasteiger partial charge in [-0.2, -0.15) is 5.10 Å². The van der Waals surface area contributed by atoms with Crippen molar-refractivity contribution in [2.45, 2.75) is 6.54 Å². The fourth-order valence-electron chi connectivity index (χ4n) is 1.66. The Bertz CT molecular complexity index is 576. The Morgan fingerprint density at radius 1 is 1.50 bits per heavy atom. The molecule has 1 heterocycles. The predicted molar refractivity (Wildman–Crippen MR) is 68.3 cm³/mol. The van der Waals surface area contributed by atoms with E-state index in [1.165, 1.54) is 6.07 Å². The quantitative estimate of drug-likeness (QED) is 0.564. The van der Waals surface area contributed by atoms with Gasteiger partial charge in [-0.1, -0.05) is 18.2 Å². The van der Waals surface area contributed by atoms with Gasteiger partial charge in [-0.05, 0) is 6.07 Å². The molecule has 0 saturated heterocycles. The number of anilines is 1. The van der Waals surface area contributed by atoms with Gasteiger partial charge in [0.05, 0.1) is 6.54 Å². The minimum atomic E-state index is -0.278. The molecule has 4 N–H and O–H groups in total. The highest BCUT2D eigenvalue weighted by Crippen LogP contribution is 2.14. The number of nitrogens with one attached hydrogen (secondary N) is 2. The summed E-state index contributed by atoms with van der Waals surface area (Å²) in [5.41, 5.74) is 6.29. The van der Waals surface area contributed by atoms with Crippen molar-refractivity contribution in [2.24, 2.45) is 5.73 Å². The third-order valence-electron chi connectivity index (χ3n) is 2.59.